The molecule has 0 aromatic rings. The Morgan fingerprint density at radius 1 is 1.18 bits per heavy atom. The van der Waals surface area contributed by atoms with Gasteiger partial charge in [-0.1, -0.05) is 25.0 Å². The summed E-state index contributed by atoms with van der Waals surface area (Å²) in [4.78, 5) is 11.4. The van der Waals surface area contributed by atoms with Gasteiger partial charge >= 0.3 is 0 Å². The summed E-state index contributed by atoms with van der Waals surface area (Å²) in [7, 11) is 0. The predicted octanol–water partition coefficient (Wildman–Crippen LogP) is 2.32. The van der Waals surface area contributed by atoms with E-state index in [1.54, 1.807) is 0 Å². The first-order valence-electron chi connectivity index (χ1n) is 4.49. The van der Waals surface area contributed by atoms with Gasteiger partial charge in [0.2, 0.25) is 0 Å². The van der Waals surface area contributed by atoms with E-state index in [-0.39, 0.29) is 0 Å². The molecule has 2 saturated carbocycles. The molecule has 2 unspecified atom stereocenters. The average Bonchev–Trinajstić information content (AvgIpc) is 2.30. The third-order valence-corrected chi connectivity index (χ3v) is 3.11. The second kappa shape index (κ2) is 2.47. The van der Waals surface area contributed by atoms with Crippen molar-refractivity contribution in [1.82, 2.24) is 0 Å². The van der Waals surface area contributed by atoms with E-state index in [4.69, 9.17) is 0 Å². The molecular weight excluding hydrogens is 136 g/mol. The Morgan fingerprint density at radius 3 is 2.45 bits per heavy atom. The lowest BCUT2D eigenvalue weighted by atomic mass is 9.80. The molecule has 0 bridgehead atoms. The van der Waals surface area contributed by atoms with Crippen LogP contribution in [0.3, 0.4) is 0 Å². The van der Waals surface area contributed by atoms with Crippen LogP contribution in [0.15, 0.2) is 12.2 Å². The highest BCUT2D eigenvalue weighted by molar-refractivity contribution is 5.87. The minimum atomic E-state index is 0.372. The Morgan fingerprint density at radius 2 is 1.82 bits per heavy atom. The van der Waals surface area contributed by atoms with Gasteiger partial charge < -0.3 is 0 Å². The lowest BCUT2D eigenvalue weighted by Crippen LogP contribution is -2.18. The van der Waals surface area contributed by atoms with Gasteiger partial charge in [0, 0.05) is 12.3 Å². The van der Waals surface area contributed by atoms with Crippen LogP contribution in [0.1, 0.15) is 32.1 Å². The van der Waals surface area contributed by atoms with Gasteiger partial charge in [0.05, 0.1) is 0 Å². The maximum Gasteiger partial charge on any atom is 0.140 e. The first-order valence-corrected chi connectivity index (χ1v) is 4.49. The van der Waals surface area contributed by atoms with E-state index in [1.807, 2.05) is 0 Å². The Labute approximate surface area is 67.5 Å². The van der Waals surface area contributed by atoms with Gasteiger partial charge in [-0.05, 0) is 18.8 Å². The summed E-state index contributed by atoms with van der Waals surface area (Å²) < 4.78 is 0. The fourth-order valence-electron chi connectivity index (χ4n) is 2.49. The maximum absolute atomic E-state index is 11.4. The summed E-state index contributed by atoms with van der Waals surface area (Å²) in [6.07, 6.45) is 5.57. The van der Waals surface area contributed by atoms with E-state index in [2.05, 4.69) is 6.58 Å². The highest BCUT2D eigenvalue weighted by Crippen LogP contribution is 2.42. The molecule has 0 N–H and O–H groups in total. The highest BCUT2D eigenvalue weighted by atomic mass is 16.1. The third kappa shape index (κ3) is 1.03. The SMILES string of the molecule is C=C1CC(=O)C2CCCCC12. The Bertz CT molecular complexity index is 183. The molecule has 2 rings (SSSR count). The number of ketones is 1. The van der Waals surface area contributed by atoms with Crippen LogP contribution in [-0.2, 0) is 4.79 Å². The smallest absolute Gasteiger partial charge is 0.140 e. The first-order chi connectivity index (χ1) is 5.29. The van der Waals surface area contributed by atoms with Crippen LogP contribution in [0.5, 0.6) is 0 Å². The van der Waals surface area contributed by atoms with Gasteiger partial charge in [0.25, 0.3) is 0 Å². The second-order valence-corrected chi connectivity index (χ2v) is 3.80. The molecule has 60 valence electrons. The number of fused-ring (bicyclic) bond motifs is 1. The van der Waals surface area contributed by atoms with Gasteiger partial charge in [-0.15, -0.1) is 0 Å². The fraction of sp³-hybridized carbons (Fsp3) is 0.700. The molecule has 0 amide bonds. The minimum Gasteiger partial charge on any atom is -0.299 e. The van der Waals surface area contributed by atoms with Crippen LogP contribution in [0.25, 0.3) is 0 Å². The average molecular weight is 150 g/mol. The zero-order valence-corrected chi connectivity index (χ0v) is 6.81. The molecular formula is C10H14O. The summed E-state index contributed by atoms with van der Waals surface area (Å²) in [5.74, 6) is 1.40. The molecule has 0 heterocycles. The Hall–Kier alpha value is -0.590. The minimum absolute atomic E-state index is 0.372. The lowest BCUT2D eigenvalue weighted by molar-refractivity contribution is -0.121. The standard InChI is InChI=1S/C10H14O/c1-7-6-10(11)9-5-3-2-4-8(7)9/h8-9H,1-6H2. The molecule has 2 aliphatic rings. The van der Waals surface area contributed by atoms with Crippen molar-refractivity contribution < 1.29 is 4.79 Å². The normalized spacial score (nSPS) is 37.5. The molecule has 11 heavy (non-hydrogen) atoms. The topological polar surface area (TPSA) is 17.1 Å². The van der Waals surface area contributed by atoms with E-state index >= 15 is 0 Å². The Balaban J connectivity index is 2.19. The molecule has 2 atom stereocenters. The van der Waals surface area contributed by atoms with Gasteiger partial charge in [0.15, 0.2) is 0 Å². The molecule has 1 heteroatoms. The summed E-state index contributed by atoms with van der Waals surface area (Å²) >= 11 is 0. The summed E-state index contributed by atoms with van der Waals surface area (Å²) in [5, 5.41) is 0. The summed E-state index contributed by atoms with van der Waals surface area (Å²) in [6.45, 7) is 3.97. The zero-order valence-electron chi connectivity index (χ0n) is 6.81. The molecule has 0 aromatic heterocycles. The van der Waals surface area contributed by atoms with Gasteiger partial charge in [0.1, 0.15) is 5.78 Å². The van der Waals surface area contributed by atoms with Crippen molar-refractivity contribution in [2.75, 3.05) is 0 Å². The number of hydrogen-bond donors (Lipinski definition) is 0. The largest absolute Gasteiger partial charge is 0.299 e. The number of Topliss-reactive ketones (excluding diaryl/α,β-unsaturated/α-hetero) is 1. The maximum atomic E-state index is 11.4. The van der Waals surface area contributed by atoms with Crippen LogP contribution in [0.2, 0.25) is 0 Å². The number of allylic oxidation sites excluding steroid dienone is 1. The van der Waals surface area contributed by atoms with Crippen molar-refractivity contribution in [2.45, 2.75) is 32.1 Å². The van der Waals surface area contributed by atoms with Gasteiger partial charge in [-0.2, -0.15) is 0 Å². The number of rotatable bonds is 0. The van der Waals surface area contributed by atoms with E-state index in [0.717, 1.165) is 6.42 Å². The van der Waals surface area contributed by atoms with Crippen LogP contribution in [-0.4, -0.2) is 5.78 Å². The molecule has 2 aliphatic carbocycles. The van der Waals surface area contributed by atoms with Gasteiger partial charge in [-0.25, -0.2) is 0 Å². The van der Waals surface area contributed by atoms with E-state index < -0.39 is 0 Å². The molecule has 0 aromatic carbocycles. The highest BCUT2D eigenvalue weighted by Gasteiger charge is 2.38. The number of hydrogen-bond acceptors (Lipinski definition) is 1. The van der Waals surface area contributed by atoms with E-state index in [1.165, 1.54) is 24.8 Å². The molecule has 0 saturated heterocycles. The van der Waals surface area contributed by atoms with E-state index in [0.29, 0.717) is 24.0 Å². The first kappa shape index (κ1) is 7.08. The lowest BCUT2D eigenvalue weighted by Gasteiger charge is -2.23. The van der Waals surface area contributed by atoms with Crippen LogP contribution < -0.4 is 0 Å². The van der Waals surface area contributed by atoms with Crippen molar-refractivity contribution in [2.24, 2.45) is 11.8 Å². The Kier molecular flexibility index (Phi) is 1.59. The van der Waals surface area contributed by atoms with Crippen molar-refractivity contribution in [3.05, 3.63) is 12.2 Å². The monoisotopic (exact) mass is 150 g/mol. The van der Waals surface area contributed by atoms with Crippen molar-refractivity contribution in [3.63, 3.8) is 0 Å². The number of carbonyl (C=O) groups is 1. The van der Waals surface area contributed by atoms with Crippen LogP contribution in [0, 0.1) is 11.8 Å². The fourth-order valence-corrected chi connectivity index (χ4v) is 2.49. The van der Waals surface area contributed by atoms with Crippen molar-refractivity contribution in [1.29, 1.82) is 0 Å². The van der Waals surface area contributed by atoms with E-state index in [9.17, 15) is 4.79 Å². The predicted molar refractivity (Wildman–Crippen MR) is 44.2 cm³/mol. The summed E-state index contributed by atoms with van der Waals surface area (Å²) in [5.41, 5.74) is 1.21. The van der Waals surface area contributed by atoms with Crippen molar-refractivity contribution >= 4 is 5.78 Å². The molecule has 2 fully saturated rings. The quantitative estimate of drug-likeness (QED) is 0.484. The van der Waals surface area contributed by atoms with Crippen LogP contribution in [0.4, 0.5) is 0 Å². The third-order valence-electron chi connectivity index (χ3n) is 3.11. The van der Waals surface area contributed by atoms with Crippen molar-refractivity contribution in [3.8, 4) is 0 Å². The van der Waals surface area contributed by atoms with Gasteiger partial charge in [-0.3, -0.25) is 4.79 Å². The molecule has 0 spiro atoms. The molecule has 1 nitrogen and oxygen atoms in total. The zero-order chi connectivity index (χ0) is 7.84. The second-order valence-electron chi connectivity index (χ2n) is 3.80. The summed E-state index contributed by atoms with van der Waals surface area (Å²) in [6, 6.07) is 0. The molecule has 0 aliphatic heterocycles. The number of carbonyl (C=O) groups excluding carboxylic acids is 1. The molecule has 0 radical (unpaired) electrons. The van der Waals surface area contributed by atoms with Crippen LogP contribution >= 0.6 is 0 Å².